The van der Waals surface area contributed by atoms with Crippen molar-refractivity contribution in [2.75, 3.05) is 24.3 Å². The van der Waals surface area contributed by atoms with Crippen molar-refractivity contribution >= 4 is 37.2 Å². The molecule has 47 heavy (non-hydrogen) atoms. The summed E-state index contributed by atoms with van der Waals surface area (Å²) in [6.07, 6.45) is 10.9. The Kier molecular flexibility index (Phi) is 7.13. The van der Waals surface area contributed by atoms with E-state index in [9.17, 15) is 8.42 Å². The van der Waals surface area contributed by atoms with Gasteiger partial charge in [-0.15, -0.1) is 21.5 Å². The van der Waals surface area contributed by atoms with Gasteiger partial charge in [0.05, 0.1) is 43.9 Å². The molecule has 2 aliphatic carbocycles. The van der Waals surface area contributed by atoms with Gasteiger partial charge in [0, 0.05) is 48.4 Å². The highest BCUT2D eigenvalue weighted by Gasteiger charge is 2.47. The summed E-state index contributed by atoms with van der Waals surface area (Å²) >= 11 is 1.50. The smallest absolute Gasteiger partial charge is 0.250 e. The van der Waals surface area contributed by atoms with Crippen LogP contribution in [0.2, 0.25) is 0 Å². The van der Waals surface area contributed by atoms with Gasteiger partial charge in [-0.3, -0.25) is 9.97 Å². The molecule has 4 aliphatic rings. The van der Waals surface area contributed by atoms with E-state index in [1.807, 2.05) is 18.3 Å². The maximum Gasteiger partial charge on any atom is 0.250 e. The first-order chi connectivity index (χ1) is 22.9. The zero-order chi connectivity index (χ0) is 31.7. The highest BCUT2D eigenvalue weighted by molar-refractivity contribution is 7.92. The molecule has 11 nitrogen and oxygen atoms in total. The third-order valence-electron chi connectivity index (χ3n) is 10.2. The van der Waals surface area contributed by atoms with Gasteiger partial charge in [0.15, 0.2) is 9.84 Å². The van der Waals surface area contributed by atoms with Crippen molar-refractivity contribution in [3.05, 3.63) is 59.3 Å². The lowest BCUT2D eigenvalue weighted by Crippen LogP contribution is -2.17. The minimum absolute atomic E-state index is 0.0842. The van der Waals surface area contributed by atoms with Gasteiger partial charge in [-0.25, -0.2) is 18.4 Å². The number of pyridine rings is 2. The molecular weight excluding hydrogens is 635 g/mol. The Morgan fingerprint density at radius 1 is 1.04 bits per heavy atom. The van der Waals surface area contributed by atoms with Crippen LogP contribution in [0.25, 0.3) is 32.1 Å². The van der Waals surface area contributed by atoms with Crippen molar-refractivity contribution in [3.63, 3.8) is 0 Å². The van der Waals surface area contributed by atoms with Crippen LogP contribution >= 0.6 is 11.3 Å². The number of aromatic nitrogens is 6. The Balaban J connectivity index is 1.22. The van der Waals surface area contributed by atoms with E-state index in [0.29, 0.717) is 51.8 Å². The van der Waals surface area contributed by atoms with Gasteiger partial charge in [0.1, 0.15) is 12.1 Å². The van der Waals surface area contributed by atoms with Crippen molar-refractivity contribution in [2.45, 2.75) is 75.1 Å². The highest BCUT2D eigenvalue weighted by Crippen LogP contribution is 2.54. The molecule has 1 saturated heterocycles. The minimum Gasteiger partial charge on any atom is -0.421 e. The number of rotatable bonds is 8. The molecule has 1 unspecified atom stereocenters. The zero-order valence-corrected chi connectivity index (χ0v) is 27.7. The van der Waals surface area contributed by atoms with Crippen LogP contribution in [0.15, 0.2) is 40.0 Å². The second-order valence-corrected chi connectivity index (χ2v) is 16.3. The molecule has 0 radical (unpaired) electrons. The first kappa shape index (κ1) is 29.3. The van der Waals surface area contributed by atoms with Crippen molar-refractivity contribution < 1.29 is 17.6 Å². The summed E-state index contributed by atoms with van der Waals surface area (Å²) in [6, 6.07) is 6.16. The Labute approximate surface area is 276 Å². The number of nitrogens with one attached hydrogen (secondary N) is 1. The molecule has 5 aromatic heterocycles. The molecule has 1 saturated carbocycles. The van der Waals surface area contributed by atoms with Crippen molar-refractivity contribution in [2.24, 2.45) is 11.8 Å². The fourth-order valence-electron chi connectivity index (χ4n) is 7.69. The summed E-state index contributed by atoms with van der Waals surface area (Å²) in [5.74, 6) is 2.30. The Hall–Kier alpha value is -3.81. The largest absolute Gasteiger partial charge is 0.421 e. The summed E-state index contributed by atoms with van der Waals surface area (Å²) in [4.78, 5) is 20.2. The number of sulfone groups is 1. The van der Waals surface area contributed by atoms with Crippen LogP contribution in [0.3, 0.4) is 0 Å². The number of aryl methyl sites for hydroxylation is 3. The van der Waals surface area contributed by atoms with Crippen LogP contribution in [-0.4, -0.2) is 57.5 Å². The Morgan fingerprint density at radius 3 is 2.72 bits per heavy atom. The molecular formula is C34H35N7O4S2. The molecule has 5 aromatic rings. The van der Waals surface area contributed by atoms with Crippen LogP contribution < -0.4 is 5.32 Å². The lowest BCUT2D eigenvalue weighted by atomic mass is 9.90. The van der Waals surface area contributed by atoms with Crippen molar-refractivity contribution in [1.29, 1.82) is 0 Å². The summed E-state index contributed by atoms with van der Waals surface area (Å²) in [5.41, 5.74) is 5.83. The van der Waals surface area contributed by atoms with E-state index < -0.39 is 9.84 Å². The fourth-order valence-corrected chi connectivity index (χ4v) is 11.0. The average Bonchev–Trinajstić information content (AvgIpc) is 3.36. The van der Waals surface area contributed by atoms with Crippen molar-refractivity contribution in [1.82, 2.24) is 30.1 Å². The van der Waals surface area contributed by atoms with Crippen LogP contribution in [0.4, 0.5) is 5.82 Å². The number of thiophene rings is 1. The van der Waals surface area contributed by atoms with E-state index >= 15 is 0 Å². The molecule has 13 heteroatoms. The first-order valence-electron chi connectivity index (χ1n) is 16.6. The second kappa shape index (κ2) is 11.4. The molecule has 7 heterocycles. The molecule has 242 valence electrons. The summed E-state index contributed by atoms with van der Waals surface area (Å²) < 4.78 is 40.9. The van der Waals surface area contributed by atoms with Gasteiger partial charge < -0.3 is 14.5 Å². The number of anilines is 1. The monoisotopic (exact) mass is 669 g/mol. The maximum atomic E-state index is 14.2. The number of hydrogen-bond donors (Lipinski definition) is 1. The predicted molar refractivity (Wildman–Crippen MR) is 177 cm³/mol. The number of nitrogens with zero attached hydrogens (tertiary/aromatic N) is 6. The summed E-state index contributed by atoms with van der Waals surface area (Å²) in [7, 11) is -3.63. The summed E-state index contributed by atoms with van der Waals surface area (Å²) in [5, 5.41) is 12.3. The number of fused-ring (bicyclic) bond motifs is 3. The van der Waals surface area contributed by atoms with Gasteiger partial charge >= 0.3 is 0 Å². The molecule has 2 aliphatic heterocycles. The molecule has 0 spiro atoms. The standard InChI is InChI=1S/C34H35N7O4S2/c1-18-40-41-34(45-18)28-25(7-4-19-10-13-44-14-11-19)38-30-22(20-5-6-20)16-47(42,43)32(30)29(28)27-15-26-31(46-27)33(37-17-36-26)39-24-9-8-23-21(24)3-2-12-35-23/h2-3,12,15,17,19-20,22,24H,4-11,13-14,16H2,1H3,(H,36,37,39)/t22-,24?/m1/s1. The average molecular weight is 670 g/mol. The molecule has 1 N–H and O–H groups in total. The van der Waals surface area contributed by atoms with Gasteiger partial charge in [0.25, 0.3) is 0 Å². The quantitative estimate of drug-likeness (QED) is 0.200. The molecule has 9 rings (SSSR count). The van der Waals surface area contributed by atoms with Gasteiger partial charge in [0.2, 0.25) is 11.8 Å². The van der Waals surface area contributed by atoms with Crippen LogP contribution in [0.5, 0.6) is 0 Å². The van der Waals surface area contributed by atoms with Gasteiger partial charge in [-0.05, 0) is 80.9 Å². The first-order valence-corrected chi connectivity index (χ1v) is 19.0. The van der Waals surface area contributed by atoms with E-state index in [1.165, 1.54) is 16.9 Å². The third-order valence-corrected chi connectivity index (χ3v) is 13.2. The summed E-state index contributed by atoms with van der Waals surface area (Å²) in [6.45, 7) is 3.29. The van der Waals surface area contributed by atoms with Crippen molar-refractivity contribution in [3.8, 4) is 21.9 Å². The molecule has 2 fully saturated rings. The van der Waals surface area contributed by atoms with Gasteiger partial charge in [-0.2, -0.15) is 0 Å². The molecule has 0 aromatic carbocycles. The second-order valence-electron chi connectivity index (χ2n) is 13.3. The number of ether oxygens (including phenoxy) is 1. The van der Waals surface area contributed by atoms with E-state index in [-0.39, 0.29) is 17.7 Å². The van der Waals surface area contributed by atoms with Gasteiger partial charge in [-0.1, -0.05) is 6.07 Å². The van der Waals surface area contributed by atoms with E-state index in [4.69, 9.17) is 14.1 Å². The van der Waals surface area contributed by atoms with Crippen LogP contribution in [0, 0.1) is 18.8 Å². The topological polar surface area (TPSA) is 146 Å². The molecule has 0 bridgehead atoms. The minimum atomic E-state index is -3.63. The molecule has 2 atom stereocenters. The molecule has 0 amide bonds. The van der Waals surface area contributed by atoms with E-state index in [0.717, 1.165) is 90.5 Å². The fraction of sp³-hybridized carbons (Fsp3) is 0.471. The lowest BCUT2D eigenvalue weighted by molar-refractivity contribution is 0.0639. The van der Waals surface area contributed by atoms with E-state index in [1.54, 1.807) is 13.3 Å². The van der Waals surface area contributed by atoms with Crippen LogP contribution in [0.1, 0.15) is 79.0 Å². The maximum absolute atomic E-state index is 14.2. The zero-order valence-electron chi connectivity index (χ0n) is 26.1. The normalized spacial score (nSPS) is 22.1. The SMILES string of the molecule is Cc1nnc(-c2c(CCC3CCOCC3)nc3c(c2-c2cc4ncnc(NC5CCc6ncccc65)c4s2)S(=O)(=O)C[C@@H]3C2CC2)o1. The van der Waals surface area contributed by atoms with Crippen LogP contribution in [-0.2, 0) is 27.4 Å². The Bertz CT molecular complexity index is 2120. The number of hydrogen-bond acceptors (Lipinski definition) is 12. The lowest BCUT2D eigenvalue weighted by Gasteiger charge is -2.23. The predicted octanol–water partition coefficient (Wildman–Crippen LogP) is 6.25. The Morgan fingerprint density at radius 2 is 1.91 bits per heavy atom. The third kappa shape index (κ3) is 5.23. The highest BCUT2D eigenvalue weighted by atomic mass is 32.2. The van der Waals surface area contributed by atoms with E-state index in [2.05, 4.69) is 36.5 Å².